The second-order valence-corrected chi connectivity index (χ2v) is 4.16. The van der Waals surface area contributed by atoms with E-state index in [0.717, 1.165) is 13.0 Å². The first-order valence-corrected chi connectivity index (χ1v) is 5.39. The van der Waals surface area contributed by atoms with Crippen molar-refractivity contribution in [2.75, 3.05) is 13.1 Å². The number of hydrogen-bond acceptors (Lipinski definition) is 2. The van der Waals surface area contributed by atoms with Crippen molar-refractivity contribution in [3.63, 3.8) is 0 Å². The van der Waals surface area contributed by atoms with Crippen molar-refractivity contribution in [1.82, 2.24) is 10.6 Å². The largest absolute Gasteiger partial charge is 0.351 e. The lowest BCUT2D eigenvalue weighted by molar-refractivity contribution is -0.121. The lowest BCUT2D eigenvalue weighted by Crippen LogP contribution is -2.28. The van der Waals surface area contributed by atoms with Crippen molar-refractivity contribution in [2.24, 2.45) is 0 Å². The summed E-state index contributed by atoms with van der Waals surface area (Å²) < 4.78 is 0. The first kappa shape index (κ1) is 14.8. The van der Waals surface area contributed by atoms with E-state index < -0.39 is 0 Å². The Hall–Kier alpha value is -0.250. The summed E-state index contributed by atoms with van der Waals surface area (Å²) >= 11 is 5.53. The Labute approximate surface area is 102 Å². The van der Waals surface area contributed by atoms with Gasteiger partial charge in [-0.05, 0) is 25.8 Å². The van der Waals surface area contributed by atoms with Gasteiger partial charge in [0.2, 0.25) is 5.91 Å². The molecule has 2 N–H and O–H groups in total. The van der Waals surface area contributed by atoms with E-state index in [4.69, 9.17) is 11.6 Å². The molecular formula is C10H18Cl2N2O. The van der Waals surface area contributed by atoms with Gasteiger partial charge in [-0.15, -0.1) is 12.4 Å². The van der Waals surface area contributed by atoms with Crippen LogP contribution in [0.4, 0.5) is 0 Å². The minimum atomic E-state index is 0. The molecule has 0 aromatic carbocycles. The number of nitrogens with one attached hydrogen (secondary N) is 2. The van der Waals surface area contributed by atoms with Crippen LogP contribution in [0.1, 0.15) is 25.7 Å². The lowest BCUT2D eigenvalue weighted by atomic mass is 10.1. The summed E-state index contributed by atoms with van der Waals surface area (Å²) in [6.07, 6.45) is 3.91. The normalized spacial score (nSPS) is 19.4. The maximum atomic E-state index is 11.3. The Morgan fingerprint density at radius 2 is 2.33 bits per heavy atom. The van der Waals surface area contributed by atoms with Gasteiger partial charge in [-0.25, -0.2) is 0 Å². The lowest BCUT2D eigenvalue weighted by Gasteiger charge is -2.09. The molecule has 1 aliphatic rings. The van der Waals surface area contributed by atoms with E-state index in [1.165, 1.54) is 12.8 Å². The molecule has 1 atom stereocenters. The van der Waals surface area contributed by atoms with Gasteiger partial charge in [-0.1, -0.05) is 18.2 Å². The van der Waals surface area contributed by atoms with Crippen molar-refractivity contribution in [3.05, 3.63) is 11.6 Å². The number of amides is 1. The molecule has 0 aliphatic carbocycles. The second-order valence-electron chi connectivity index (χ2n) is 3.63. The standard InChI is InChI=1S/C10H17ClN2O.ClH/c1-8(11)7-13-10(14)5-4-9-3-2-6-12-9;/h9,12H,1-7H2,(H,13,14);1H. The quantitative estimate of drug-likeness (QED) is 0.784. The zero-order valence-corrected chi connectivity index (χ0v) is 10.3. The van der Waals surface area contributed by atoms with Gasteiger partial charge in [-0.3, -0.25) is 4.79 Å². The minimum absolute atomic E-state index is 0. The van der Waals surface area contributed by atoms with Crippen molar-refractivity contribution >= 4 is 29.9 Å². The molecule has 0 saturated carbocycles. The molecule has 0 bridgehead atoms. The molecule has 0 aromatic heterocycles. The Kier molecular flexibility index (Phi) is 7.83. The van der Waals surface area contributed by atoms with Crippen molar-refractivity contribution in [1.29, 1.82) is 0 Å². The molecule has 1 aliphatic heterocycles. The van der Waals surface area contributed by atoms with Crippen LogP contribution in [0, 0.1) is 0 Å². The first-order valence-electron chi connectivity index (χ1n) is 5.02. The molecule has 15 heavy (non-hydrogen) atoms. The fourth-order valence-electron chi connectivity index (χ4n) is 1.59. The molecule has 1 unspecified atom stereocenters. The van der Waals surface area contributed by atoms with Crippen LogP contribution in [0.15, 0.2) is 11.6 Å². The van der Waals surface area contributed by atoms with E-state index in [-0.39, 0.29) is 18.3 Å². The van der Waals surface area contributed by atoms with Crippen molar-refractivity contribution in [3.8, 4) is 0 Å². The molecular weight excluding hydrogens is 235 g/mol. The van der Waals surface area contributed by atoms with Crippen LogP contribution < -0.4 is 10.6 Å². The maximum absolute atomic E-state index is 11.3. The van der Waals surface area contributed by atoms with E-state index in [1.807, 2.05) is 0 Å². The Balaban J connectivity index is 0.00000196. The van der Waals surface area contributed by atoms with Gasteiger partial charge < -0.3 is 10.6 Å². The van der Waals surface area contributed by atoms with Crippen molar-refractivity contribution in [2.45, 2.75) is 31.7 Å². The van der Waals surface area contributed by atoms with Gasteiger partial charge >= 0.3 is 0 Å². The number of carbonyl (C=O) groups excluding carboxylic acids is 1. The first-order chi connectivity index (χ1) is 6.68. The second kappa shape index (κ2) is 7.97. The summed E-state index contributed by atoms with van der Waals surface area (Å²) in [4.78, 5) is 11.3. The Bertz CT molecular complexity index is 215. The molecule has 3 nitrogen and oxygen atoms in total. The van der Waals surface area contributed by atoms with Gasteiger partial charge in [0.15, 0.2) is 0 Å². The average Bonchev–Trinajstić information content (AvgIpc) is 2.63. The number of rotatable bonds is 5. The molecule has 0 spiro atoms. The van der Waals surface area contributed by atoms with Crippen LogP contribution in [0.25, 0.3) is 0 Å². The highest BCUT2D eigenvalue weighted by Crippen LogP contribution is 2.10. The predicted octanol–water partition coefficient (Wildman–Crippen LogP) is 1.81. The third-order valence-corrected chi connectivity index (χ3v) is 2.49. The summed E-state index contributed by atoms with van der Waals surface area (Å²) in [5.41, 5.74) is 0. The highest BCUT2D eigenvalue weighted by Gasteiger charge is 2.14. The summed E-state index contributed by atoms with van der Waals surface area (Å²) in [5, 5.41) is 6.53. The molecule has 1 saturated heterocycles. The highest BCUT2D eigenvalue weighted by molar-refractivity contribution is 6.29. The Morgan fingerprint density at radius 3 is 2.87 bits per heavy atom. The van der Waals surface area contributed by atoms with Gasteiger partial charge in [0.1, 0.15) is 0 Å². The molecule has 1 heterocycles. The zero-order chi connectivity index (χ0) is 10.4. The van der Waals surface area contributed by atoms with E-state index in [2.05, 4.69) is 17.2 Å². The van der Waals surface area contributed by atoms with Crippen LogP contribution in [0.5, 0.6) is 0 Å². The average molecular weight is 253 g/mol. The maximum Gasteiger partial charge on any atom is 0.220 e. The van der Waals surface area contributed by atoms with Crippen LogP contribution in [0.3, 0.4) is 0 Å². The predicted molar refractivity (Wildman–Crippen MR) is 65.5 cm³/mol. The summed E-state index contributed by atoms with van der Waals surface area (Å²) in [7, 11) is 0. The van der Waals surface area contributed by atoms with E-state index >= 15 is 0 Å². The van der Waals surface area contributed by atoms with Crippen LogP contribution in [-0.4, -0.2) is 25.0 Å². The van der Waals surface area contributed by atoms with Gasteiger partial charge in [0.25, 0.3) is 0 Å². The summed E-state index contributed by atoms with van der Waals surface area (Å²) in [5.74, 6) is 0.0560. The molecule has 1 fully saturated rings. The Morgan fingerprint density at radius 1 is 1.60 bits per heavy atom. The van der Waals surface area contributed by atoms with Crippen molar-refractivity contribution < 1.29 is 4.79 Å². The third kappa shape index (κ3) is 6.77. The van der Waals surface area contributed by atoms with Gasteiger partial charge in [-0.2, -0.15) is 0 Å². The molecule has 5 heteroatoms. The number of hydrogen-bond donors (Lipinski definition) is 2. The molecule has 88 valence electrons. The topological polar surface area (TPSA) is 41.1 Å². The van der Waals surface area contributed by atoms with Crippen LogP contribution >= 0.6 is 24.0 Å². The van der Waals surface area contributed by atoms with Crippen LogP contribution in [0.2, 0.25) is 0 Å². The zero-order valence-electron chi connectivity index (χ0n) is 8.72. The van der Waals surface area contributed by atoms with E-state index in [0.29, 0.717) is 24.0 Å². The molecule has 0 radical (unpaired) electrons. The molecule has 0 aromatic rings. The summed E-state index contributed by atoms with van der Waals surface area (Å²) in [6.45, 7) is 4.96. The summed E-state index contributed by atoms with van der Waals surface area (Å²) in [6, 6.07) is 0.528. The monoisotopic (exact) mass is 252 g/mol. The SMILES string of the molecule is C=C(Cl)CNC(=O)CCC1CCCN1.Cl. The molecule has 1 amide bonds. The number of halogens is 2. The van der Waals surface area contributed by atoms with Crippen LogP contribution in [-0.2, 0) is 4.79 Å². The minimum Gasteiger partial charge on any atom is -0.351 e. The van der Waals surface area contributed by atoms with Gasteiger partial charge in [0.05, 0.1) is 6.54 Å². The number of carbonyl (C=O) groups is 1. The van der Waals surface area contributed by atoms with E-state index in [9.17, 15) is 4.79 Å². The fraction of sp³-hybridized carbons (Fsp3) is 0.700. The fourth-order valence-corrected chi connectivity index (χ4v) is 1.66. The smallest absolute Gasteiger partial charge is 0.220 e. The third-order valence-electron chi connectivity index (χ3n) is 2.36. The highest BCUT2D eigenvalue weighted by atomic mass is 35.5. The van der Waals surface area contributed by atoms with E-state index in [1.54, 1.807) is 0 Å². The molecule has 1 rings (SSSR count). The van der Waals surface area contributed by atoms with Gasteiger partial charge in [0, 0.05) is 17.5 Å².